The number of halogens is 3. The Morgan fingerprint density at radius 1 is 1.33 bits per heavy atom. The van der Waals surface area contributed by atoms with E-state index in [1.54, 1.807) is 10.7 Å². The molecule has 2 rings (SSSR count). The average Bonchev–Trinajstić information content (AvgIpc) is 2.74. The van der Waals surface area contributed by atoms with Crippen LogP contribution in [0.25, 0.3) is 0 Å². The number of aromatic nitrogens is 2. The molecule has 6 heteroatoms. The molecule has 114 valence electrons. The SMILES string of the molecule is CCc1nn(C)c(CC(NC)c2cccc(F)c2Cl)c1Cl. The molecule has 1 unspecified atom stereocenters. The Kier molecular flexibility index (Phi) is 5.25. The molecule has 0 saturated carbocycles. The van der Waals surface area contributed by atoms with Crippen LogP contribution in [0.5, 0.6) is 0 Å². The van der Waals surface area contributed by atoms with Crippen molar-refractivity contribution < 1.29 is 4.39 Å². The molecule has 1 heterocycles. The number of nitrogens with zero attached hydrogens (tertiary/aromatic N) is 2. The number of hydrogen-bond acceptors (Lipinski definition) is 2. The first-order valence-corrected chi connectivity index (χ1v) is 7.56. The van der Waals surface area contributed by atoms with Gasteiger partial charge in [0.05, 0.1) is 21.4 Å². The lowest BCUT2D eigenvalue weighted by atomic mass is 10.0. The van der Waals surface area contributed by atoms with Crippen LogP contribution < -0.4 is 5.32 Å². The van der Waals surface area contributed by atoms with Crippen LogP contribution in [0, 0.1) is 5.82 Å². The monoisotopic (exact) mass is 329 g/mol. The Hall–Kier alpha value is -1.10. The van der Waals surface area contributed by atoms with Gasteiger partial charge in [0.1, 0.15) is 5.82 Å². The molecule has 0 amide bonds. The van der Waals surface area contributed by atoms with Gasteiger partial charge in [-0.3, -0.25) is 4.68 Å². The summed E-state index contributed by atoms with van der Waals surface area (Å²) in [6.07, 6.45) is 1.36. The molecule has 0 aliphatic carbocycles. The molecule has 1 aromatic heterocycles. The molecule has 0 aliphatic rings. The van der Waals surface area contributed by atoms with Crippen LogP contribution in [0.15, 0.2) is 18.2 Å². The van der Waals surface area contributed by atoms with E-state index in [0.29, 0.717) is 11.4 Å². The number of likely N-dealkylation sites (N-methyl/N-ethyl adjacent to an activating group) is 1. The van der Waals surface area contributed by atoms with Gasteiger partial charge in [0.2, 0.25) is 0 Å². The molecule has 1 atom stereocenters. The quantitative estimate of drug-likeness (QED) is 0.900. The van der Waals surface area contributed by atoms with Crippen LogP contribution in [0.2, 0.25) is 10.0 Å². The number of hydrogen-bond donors (Lipinski definition) is 1. The van der Waals surface area contributed by atoms with Gasteiger partial charge in [0, 0.05) is 19.5 Å². The number of benzene rings is 1. The molecule has 0 bridgehead atoms. The highest BCUT2D eigenvalue weighted by Gasteiger charge is 2.21. The molecule has 21 heavy (non-hydrogen) atoms. The minimum atomic E-state index is -0.417. The van der Waals surface area contributed by atoms with E-state index in [4.69, 9.17) is 23.2 Å². The van der Waals surface area contributed by atoms with E-state index in [-0.39, 0.29) is 11.1 Å². The van der Waals surface area contributed by atoms with Gasteiger partial charge in [-0.2, -0.15) is 5.10 Å². The number of rotatable bonds is 5. The maximum absolute atomic E-state index is 13.6. The minimum Gasteiger partial charge on any atom is -0.313 e. The Morgan fingerprint density at radius 2 is 2.05 bits per heavy atom. The van der Waals surface area contributed by atoms with E-state index >= 15 is 0 Å². The van der Waals surface area contributed by atoms with Crippen molar-refractivity contribution in [3.63, 3.8) is 0 Å². The van der Waals surface area contributed by atoms with Gasteiger partial charge in [0.25, 0.3) is 0 Å². The molecule has 1 aromatic carbocycles. The van der Waals surface area contributed by atoms with Gasteiger partial charge in [-0.1, -0.05) is 42.3 Å². The second kappa shape index (κ2) is 6.77. The van der Waals surface area contributed by atoms with Crippen molar-refractivity contribution in [2.75, 3.05) is 7.05 Å². The lowest BCUT2D eigenvalue weighted by Crippen LogP contribution is -2.21. The van der Waals surface area contributed by atoms with Crippen LogP contribution in [-0.4, -0.2) is 16.8 Å². The molecule has 0 fully saturated rings. The normalized spacial score (nSPS) is 12.7. The molecule has 0 radical (unpaired) electrons. The molecule has 2 aromatic rings. The van der Waals surface area contributed by atoms with Crippen molar-refractivity contribution in [1.82, 2.24) is 15.1 Å². The summed E-state index contributed by atoms with van der Waals surface area (Å²) < 4.78 is 15.4. The zero-order valence-electron chi connectivity index (χ0n) is 12.3. The first kappa shape index (κ1) is 16.3. The molecule has 1 N–H and O–H groups in total. The molecule has 0 saturated heterocycles. The van der Waals surface area contributed by atoms with Crippen molar-refractivity contribution in [1.29, 1.82) is 0 Å². The lowest BCUT2D eigenvalue weighted by Gasteiger charge is -2.18. The predicted octanol–water partition coefficient (Wildman–Crippen LogP) is 3.93. The summed E-state index contributed by atoms with van der Waals surface area (Å²) >= 11 is 12.4. The van der Waals surface area contributed by atoms with Gasteiger partial charge in [0.15, 0.2) is 0 Å². The summed E-state index contributed by atoms with van der Waals surface area (Å²) in [6, 6.07) is 4.69. The third-order valence-corrected chi connectivity index (χ3v) is 4.44. The molecular weight excluding hydrogens is 312 g/mol. The van der Waals surface area contributed by atoms with Gasteiger partial charge in [-0.25, -0.2) is 4.39 Å². The van der Waals surface area contributed by atoms with Gasteiger partial charge < -0.3 is 5.32 Å². The summed E-state index contributed by atoms with van der Waals surface area (Å²) in [5, 5.41) is 8.38. The summed E-state index contributed by atoms with van der Waals surface area (Å²) in [5.74, 6) is -0.417. The van der Waals surface area contributed by atoms with E-state index in [1.165, 1.54) is 6.07 Å². The first-order chi connectivity index (χ1) is 9.99. The third-order valence-electron chi connectivity index (χ3n) is 3.61. The summed E-state index contributed by atoms with van der Waals surface area (Å²) in [6.45, 7) is 2.01. The van der Waals surface area contributed by atoms with Crippen molar-refractivity contribution in [2.45, 2.75) is 25.8 Å². The Labute approximate surface area is 134 Å². The standard InChI is InChI=1S/C15H18Cl2FN3/c1-4-11-15(17)13(21(3)20-11)8-12(19-2)9-6-5-7-10(18)14(9)16/h5-7,12,19H,4,8H2,1-3H3. The summed E-state index contributed by atoms with van der Waals surface area (Å²) in [7, 11) is 3.68. The van der Waals surface area contributed by atoms with Crippen molar-refractivity contribution in [2.24, 2.45) is 7.05 Å². The lowest BCUT2D eigenvalue weighted by molar-refractivity contribution is 0.554. The highest BCUT2D eigenvalue weighted by Crippen LogP contribution is 2.30. The first-order valence-electron chi connectivity index (χ1n) is 6.81. The Bertz CT molecular complexity index is 640. The molecule has 0 spiro atoms. The Morgan fingerprint density at radius 3 is 2.62 bits per heavy atom. The predicted molar refractivity (Wildman–Crippen MR) is 84.5 cm³/mol. The maximum Gasteiger partial charge on any atom is 0.142 e. The van der Waals surface area contributed by atoms with Crippen molar-refractivity contribution in [3.05, 3.63) is 51.0 Å². The minimum absolute atomic E-state index is 0.134. The van der Waals surface area contributed by atoms with Gasteiger partial charge >= 0.3 is 0 Å². The second-order valence-corrected chi connectivity index (χ2v) is 5.63. The van der Waals surface area contributed by atoms with Crippen LogP contribution in [0.3, 0.4) is 0 Å². The zero-order chi connectivity index (χ0) is 15.6. The maximum atomic E-state index is 13.6. The van der Waals surface area contributed by atoms with Gasteiger partial charge in [-0.05, 0) is 25.1 Å². The van der Waals surface area contributed by atoms with Crippen LogP contribution in [0.4, 0.5) is 4.39 Å². The Balaban J connectivity index is 2.36. The second-order valence-electron chi connectivity index (χ2n) is 4.87. The van der Waals surface area contributed by atoms with E-state index in [9.17, 15) is 4.39 Å². The van der Waals surface area contributed by atoms with E-state index in [0.717, 1.165) is 23.4 Å². The van der Waals surface area contributed by atoms with Gasteiger partial charge in [-0.15, -0.1) is 0 Å². The molecule has 0 aliphatic heterocycles. The third kappa shape index (κ3) is 3.23. The largest absolute Gasteiger partial charge is 0.313 e. The zero-order valence-corrected chi connectivity index (χ0v) is 13.8. The average molecular weight is 330 g/mol. The number of nitrogens with one attached hydrogen (secondary N) is 1. The van der Waals surface area contributed by atoms with Crippen molar-refractivity contribution in [3.8, 4) is 0 Å². The molecule has 3 nitrogen and oxygen atoms in total. The highest BCUT2D eigenvalue weighted by atomic mass is 35.5. The molecular formula is C15H18Cl2FN3. The van der Waals surface area contributed by atoms with E-state index < -0.39 is 5.82 Å². The highest BCUT2D eigenvalue weighted by molar-refractivity contribution is 6.32. The number of aryl methyl sites for hydroxylation is 2. The van der Waals surface area contributed by atoms with Crippen LogP contribution in [-0.2, 0) is 19.9 Å². The smallest absolute Gasteiger partial charge is 0.142 e. The fourth-order valence-electron chi connectivity index (χ4n) is 2.39. The fraction of sp³-hybridized carbons (Fsp3) is 0.400. The van der Waals surface area contributed by atoms with E-state index in [2.05, 4.69) is 10.4 Å². The summed E-state index contributed by atoms with van der Waals surface area (Å²) in [5.41, 5.74) is 2.50. The summed E-state index contributed by atoms with van der Waals surface area (Å²) in [4.78, 5) is 0. The van der Waals surface area contributed by atoms with Crippen molar-refractivity contribution >= 4 is 23.2 Å². The van der Waals surface area contributed by atoms with Crippen LogP contribution in [0.1, 0.15) is 29.9 Å². The van der Waals surface area contributed by atoms with E-state index in [1.807, 2.05) is 27.1 Å². The fourth-order valence-corrected chi connectivity index (χ4v) is 3.02. The van der Waals surface area contributed by atoms with Crippen LogP contribution >= 0.6 is 23.2 Å². The topological polar surface area (TPSA) is 29.9 Å².